The first kappa shape index (κ1) is 23.1. The van der Waals surface area contributed by atoms with Gasteiger partial charge in [-0.3, -0.25) is 9.59 Å². The summed E-state index contributed by atoms with van der Waals surface area (Å²) in [5.74, 6) is -3.47. The summed E-state index contributed by atoms with van der Waals surface area (Å²) in [6, 6.07) is 9.71. The molecule has 1 amide bonds. The van der Waals surface area contributed by atoms with Crippen LogP contribution in [0.3, 0.4) is 0 Å². The van der Waals surface area contributed by atoms with Gasteiger partial charge in [0.1, 0.15) is 17.2 Å². The van der Waals surface area contributed by atoms with Crippen LogP contribution in [0.15, 0.2) is 53.3 Å². The highest BCUT2D eigenvalue weighted by Crippen LogP contribution is 2.19. The van der Waals surface area contributed by atoms with Gasteiger partial charge in [-0.25, -0.2) is 22.0 Å². The minimum Gasteiger partial charge on any atom is -0.382 e. The summed E-state index contributed by atoms with van der Waals surface area (Å²) in [5, 5.41) is 14.6. The van der Waals surface area contributed by atoms with Crippen LogP contribution in [0.1, 0.15) is 15.9 Å². The topological polar surface area (TPSA) is 84.2 Å². The first-order chi connectivity index (χ1) is 15.1. The third-order valence-corrected chi connectivity index (χ3v) is 4.42. The van der Waals surface area contributed by atoms with Crippen LogP contribution in [-0.4, -0.2) is 39.6 Å². The molecule has 0 saturated heterocycles. The Kier molecular flexibility index (Phi) is 6.68. The van der Waals surface area contributed by atoms with E-state index in [1.54, 1.807) is 24.3 Å². The Balaban J connectivity index is 2.15. The van der Waals surface area contributed by atoms with Gasteiger partial charge in [0.25, 0.3) is 17.9 Å². The van der Waals surface area contributed by atoms with Crippen LogP contribution in [0.4, 0.5) is 22.0 Å². The number of amides is 1. The van der Waals surface area contributed by atoms with Crippen LogP contribution >= 0.6 is 0 Å². The van der Waals surface area contributed by atoms with Crippen molar-refractivity contribution in [2.75, 3.05) is 0 Å². The maximum Gasteiger partial charge on any atom is 0.284 e. The monoisotopic (exact) mass is 453 g/mol. The molecule has 3 aromatic rings. The third-order valence-electron chi connectivity index (χ3n) is 4.42. The van der Waals surface area contributed by atoms with Crippen LogP contribution in [0, 0.1) is 18.6 Å². The molecule has 6 nitrogen and oxygen atoms in total. The summed E-state index contributed by atoms with van der Waals surface area (Å²) >= 11 is 0. The second kappa shape index (κ2) is 9.27. The number of nitrogens with one attached hydrogen (secondary N) is 1. The SMILES string of the molecule is Cc1ccc(-c2cc(C(=O)NC(F)[C@@H](O)C(F)F)c(=O)n(-c3cc(F)cc(F)c3)n2)cc1. The lowest BCUT2D eigenvalue weighted by Crippen LogP contribution is -2.45. The summed E-state index contributed by atoms with van der Waals surface area (Å²) in [7, 11) is 0. The molecular weight excluding hydrogens is 437 g/mol. The quantitative estimate of drug-likeness (QED) is 0.444. The standard InChI is InChI=1S/C21H16F5N3O3/c1-10-2-4-11(5-3-10)16-9-15(20(31)27-19(26)17(30)18(24)25)21(32)29(28-16)14-7-12(22)6-13(23)8-14/h2-9,17-19,30H,1H3,(H,27,31)/t17-,19?/m0/s1. The molecule has 0 saturated carbocycles. The van der Waals surface area contributed by atoms with E-state index in [-0.39, 0.29) is 11.4 Å². The number of hydrogen-bond acceptors (Lipinski definition) is 4. The van der Waals surface area contributed by atoms with E-state index in [1.807, 2.05) is 6.92 Å². The van der Waals surface area contributed by atoms with E-state index < -0.39 is 47.5 Å². The van der Waals surface area contributed by atoms with Gasteiger partial charge in [0, 0.05) is 11.6 Å². The highest BCUT2D eigenvalue weighted by molar-refractivity contribution is 5.95. The molecule has 2 atom stereocenters. The van der Waals surface area contributed by atoms with Gasteiger partial charge in [-0.15, -0.1) is 0 Å². The van der Waals surface area contributed by atoms with Gasteiger partial charge in [-0.05, 0) is 25.1 Å². The Labute approximate surface area is 177 Å². The minimum absolute atomic E-state index is 0.00392. The summed E-state index contributed by atoms with van der Waals surface area (Å²) in [6.07, 6.45) is -9.19. The minimum atomic E-state index is -3.49. The van der Waals surface area contributed by atoms with Crippen LogP contribution in [0.25, 0.3) is 16.9 Å². The van der Waals surface area contributed by atoms with Crippen LogP contribution < -0.4 is 10.9 Å². The number of aryl methyl sites for hydroxylation is 1. The average molecular weight is 453 g/mol. The van der Waals surface area contributed by atoms with E-state index in [4.69, 9.17) is 5.11 Å². The molecule has 0 aliphatic heterocycles. The predicted molar refractivity (Wildman–Crippen MR) is 104 cm³/mol. The van der Waals surface area contributed by atoms with E-state index >= 15 is 0 Å². The van der Waals surface area contributed by atoms with Crippen molar-refractivity contribution < 1.29 is 31.9 Å². The Morgan fingerprint density at radius 1 is 1.03 bits per heavy atom. The Hall–Kier alpha value is -3.60. The number of aliphatic hydroxyl groups is 1. The number of aliphatic hydroxyl groups excluding tert-OH is 1. The largest absolute Gasteiger partial charge is 0.382 e. The Bertz CT molecular complexity index is 1180. The number of halogens is 5. The molecule has 0 spiro atoms. The first-order valence-corrected chi connectivity index (χ1v) is 9.16. The Morgan fingerprint density at radius 3 is 2.19 bits per heavy atom. The van der Waals surface area contributed by atoms with E-state index in [1.165, 1.54) is 5.32 Å². The molecular formula is C21H16F5N3O3. The van der Waals surface area contributed by atoms with Crippen LogP contribution in [-0.2, 0) is 0 Å². The van der Waals surface area contributed by atoms with Crippen molar-refractivity contribution in [3.63, 3.8) is 0 Å². The molecule has 0 aliphatic carbocycles. The summed E-state index contributed by atoms with van der Waals surface area (Å²) in [6.45, 7) is 1.81. The fraction of sp³-hybridized carbons (Fsp3) is 0.190. The number of rotatable bonds is 6. The van der Waals surface area contributed by atoms with Gasteiger partial charge in [-0.1, -0.05) is 29.8 Å². The average Bonchev–Trinajstić information content (AvgIpc) is 2.73. The maximum absolute atomic E-state index is 13.8. The molecule has 0 bridgehead atoms. The fourth-order valence-corrected chi connectivity index (χ4v) is 2.78. The van der Waals surface area contributed by atoms with Crippen LogP contribution in [0.5, 0.6) is 0 Å². The highest BCUT2D eigenvalue weighted by Gasteiger charge is 2.30. The second-order valence-corrected chi connectivity index (χ2v) is 6.85. The summed E-state index contributed by atoms with van der Waals surface area (Å²) in [5.41, 5.74) is -1.01. The lowest BCUT2D eigenvalue weighted by atomic mass is 10.1. The predicted octanol–water partition coefficient (Wildman–Crippen LogP) is 3.14. The number of aromatic nitrogens is 2. The molecule has 32 heavy (non-hydrogen) atoms. The molecule has 3 rings (SSSR count). The van der Waals surface area contributed by atoms with E-state index in [9.17, 15) is 31.5 Å². The van der Waals surface area contributed by atoms with Gasteiger partial charge < -0.3 is 10.4 Å². The highest BCUT2D eigenvalue weighted by atomic mass is 19.3. The van der Waals surface area contributed by atoms with E-state index in [0.29, 0.717) is 16.3 Å². The van der Waals surface area contributed by atoms with E-state index in [0.717, 1.165) is 23.8 Å². The zero-order chi connectivity index (χ0) is 23.6. The first-order valence-electron chi connectivity index (χ1n) is 9.16. The van der Waals surface area contributed by atoms with Crippen molar-refractivity contribution in [2.45, 2.75) is 25.7 Å². The molecule has 11 heteroatoms. The zero-order valence-electron chi connectivity index (χ0n) is 16.4. The van der Waals surface area contributed by atoms with Gasteiger partial charge in [0.05, 0.1) is 11.4 Å². The van der Waals surface area contributed by atoms with E-state index in [2.05, 4.69) is 5.10 Å². The number of carbonyl (C=O) groups is 1. The van der Waals surface area contributed by atoms with Crippen molar-refractivity contribution in [3.05, 3.63) is 81.6 Å². The van der Waals surface area contributed by atoms with Gasteiger partial charge in [-0.2, -0.15) is 9.78 Å². The van der Waals surface area contributed by atoms with Crippen LogP contribution in [0.2, 0.25) is 0 Å². The van der Waals surface area contributed by atoms with Gasteiger partial charge in [0.2, 0.25) is 6.30 Å². The zero-order valence-corrected chi connectivity index (χ0v) is 16.4. The van der Waals surface area contributed by atoms with Crippen molar-refractivity contribution in [1.82, 2.24) is 15.1 Å². The number of benzene rings is 2. The molecule has 1 aromatic heterocycles. The van der Waals surface area contributed by atoms with Gasteiger partial charge in [0.15, 0.2) is 6.10 Å². The second-order valence-electron chi connectivity index (χ2n) is 6.85. The van der Waals surface area contributed by atoms with Crippen molar-refractivity contribution in [1.29, 1.82) is 0 Å². The summed E-state index contributed by atoms with van der Waals surface area (Å²) < 4.78 is 66.8. The van der Waals surface area contributed by atoms with Crippen molar-refractivity contribution >= 4 is 5.91 Å². The van der Waals surface area contributed by atoms with Crippen molar-refractivity contribution in [2.24, 2.45) is 0 Å². The molecule has 0 fully saturated rings. The number of nitrogens with zero attached hydrogens (tertiary/aromatic N) is 2. The molecule has 168 valence electrons. The maximum atomic E-state index is 13.8. The number of alkyl halides is 3. The molecule has 1 heterocycles. The van der Waals surface area contributed by atoms with Gasteiger partial charge >= 0.3 is 0 Å². The molecule has 0 radical (unpaired) electrons. The third kappa shape index (κ3) is 4.99. The number of hydrogen-bond donors (Lipinski definition) is 2. The molecule has 1 unspecified atom stereocenters. The Morgan fingerprint density at radius 2 is 1.62 bits per heavy atom. The lowest BCUT2D eigenvalue weighted by molar-refractivity contribution is -0.0551. The molecule has 2 aromatic carbocycles. The smallest absolute Gasteiger partial charge is 0.284 e. The summed E-state index contributed by atoms with van der Waals surface area (Å²) in [4.78, 5) is 25.3. The number of carbonyl (C=O) groups excluding carboxylic acids is 1. The molecule has 0 aliphatic rings. The normalized spacial score (nSPS) is 13.1. The fourth-order valence-electron chi connectivity index (χ4n) is 2.78. The van der Waals surface area contributed by atoms with Crippen molar-refractivity contribution in [3.8, 4) is 16.9 Å². The molecule has 2 N–H and O–H groups in total. The lowest BCUT2D eigenvalue weighted by Gasteiger charge is -2.17.